The average Bonchev–Trinajstić information content (AvgIpc) is 3.34. The maximum atomic E-state index is 2.61. The van der Waals surface area contributed by atoms with Gasteiger partial charge in [-0.25, -0.2) is 0 Å². The molecule has 1 heteroatoms. The molecule has 1 nitrogen and oxygen atoms in total. The predicted molar refractivity (Wildman–Crippen MR) is 292 cm³/mol. The van der Waals surface area contributed by atoms with Gasteiger partial charge in [0.2, 0.25) is 0 Å². The Bertz CT molecular complexity index is 2760. The van der Waals surface area contributed by atoms with E-state index in [0.717, 1.165) is 6.42 Å². The maximum Gasteiger partial charge on any atom is 0.0618 e. The lowest BCUT2D eigenvalue weighted by atomic mass is 9.78. The number of hydrogen-bond acceptors (Lipinski definition) is 1. The Kier molecular flexibility index (Phi) is 13.6. The van der Waals surface area contributed by atoms with E-state index in [1.165, 1.54) is 153 Å². The zero-order chi connectivity index (χ0) is 47.0. The number of hydrogen-bond donors (Lipinski definition) is 0. The molecule has 2 saturated carbocycles. The fourth-order valence-corrected chi connectivity index (χ4v) is 11.6. The topological polar surface area (TPSA) is 3.24 Å². The Morgan fingerprint density at radius 3 is 1.27 bits per heavy atom. The first-order valence-corrected chi connectivity index (χ1v) is 26.4. The Hall–Kier alpha value is -5.14. The second-order valence-electron chi connectivity index (χ2n) is 23.4. The van der Waals surface area contributed by atoms with Crippen molar-refractivity contribution in [2.45, 2.75) is 180 Å². The fraction of sp³-hybridized carbons (Fsp3) is 0.424. The normalized spacial score (nSPS) is 16.1. The Morgan fingerprint density at radius 2 is 0.806 bits per heavy atom. The van der Waals surface area contributed by atoms with Gasteiger partial charge >= 0.3 is 0 Å². The molecule has 9 rings (SSSR count). The standard InChI is InChI=1S/C66H79N/c1-44(2)46-21-25-52(26-22-46)60(53-27-23-50(24-28-53)48-17-13-11-14-18-48)43-62-58-39-33-55(66(8,9)10)42-63(58)64(59-40-34-54(41-61(59)62)65(5,6)7)67(56-35-29-47(30-36-56)45(3)4)57-37-31-51(32-38-57)49-19-15-12-16-20-49/h21-42,44-45,48-49,60H,11-20,43H2,1-10H3. The second kappa shape index (κ2) is 19.5. The molecule has 2 aliphatic rings. The highest BCUT2D eigenvalue weighted by Gasteiger charge is 2.28. The van der Waals surface area contributed by atoms with Crippen LogP contribution in [0.5, 0.6) is 0 Å². The van der Waals surface area contributed by atoms with Crippen LogP contribution in [0, 0.1) is 0 Å². The fourth-order valence-electron chi connectivity index (χ4n) is 11.6. The summed E-state index contributed by atoms with van der Waals surface area (Å²) in [7, 11) is 0. The molecule has 2 aliphatic carbocycles. The summed E-state index contributed by atoms with van der Waals surface area (Å²) in [6, 6.07) is 53.8. The molecule has 1 unspecified atom stereocenters. The molecule has 0 spiro atoms. The van der Waals surface area contributed by atoms with Gasteiger partial charge in [-0.15, -0.1) is 0 Å². The summed E-state index contributed by atoms with van der Waals surface area (Å²) < 4.78 is 0. The van der Waals surface area contributed by atoms with Gasteiger partial charge < -0.3 is 4.90 Å². The Balaban J connectivity index is 1.31. The van der Waals surface area contributed by atoms with Crippen molar-refractivity contribution in [3.8, 4) is 0 Å². The largest absolute Gasteiger partial charge is 0.309 e. The van der Waals surface area contributed by atoms with E-state index >= 15 is 0 Å². The molecule has 0 N–H and O–H groups in total. The van der Waals surface area contributed by atoms with Crippen molar-refractivity contribution >= 4 is 38.6 Å². The molecule has 67 heavy (non-hydrogen) atoms. The predicted octanol–water partition coefficient (Wildman–Crippen LogP) is 19.8. The monoisotopic (exact) mass is 886 g/mol. The third-order valence-electron chi connectivity index (χ3n) is 16.0. The van der Waals surface area contributed by atoms with E-state index in [0.29, 0.717) is 23.7 Å². The van der Waals surface area contributed by atoms with Crippen LogP contribution in [-0.4, -0.2) is 0 Å². The summed E-state index contributed by atoms with van der Waals surface area (Å²) >= 11 is 0. The molecule has 348 valence electrons. The third kappa shape index (κ3) is 10.0. The molecule has 7 aromatic rings. The minimum Gasteiger partial charge on any atom is -0.309 e. The third-order valence-corrected chi connectivity index (χ3v) is 16.0. The summed E-state index contributed by atoms with van der Waals surface area (Å²) in [6.45, 7) is 23.4. The summed E-state index contributed by atoms with van der Waals surface area (Å²) in [5, 5.41) is 5.35. The Morgan fingerprint density at radius 1 is 0.418 bits per heavy atom. The highest BCUT2D eigenvalue weighted by molar-refractivity contribution is 6.17. The number of nitrogens with zero attached hydrogens (tertiary/aromatic N) is 1. The van der Waals surface area contributed by atoms with Crippen LogP contribution >= 0.6 is 0 Å². The van der Waals surface area contributed by atoms with Crippen LogP contribution in [0.2, 0.25) is 0 Å². The van der Waals surface area contributed by atoms with Gasteiger partial charge in [0.1, 0.15) is 0 Å². The van der Waals surface area contributed by atoms with E-state index in [2.05, 4.69) is 208 Å². The molecule has 0 amide bonds. The quantitative estimate of drug-likeness (QED) is 0.117. The molecule has 0 bridgehead atoms. The van der Waals surface area contributed by atoms with Crippen molar-refractivity contribution in [3.05, 3.63) is 184 Å². The lowest BCUT2D eigenvalue weighted by Crippen LogP contribution is -2.16. The molecular formula is C66H79N. The highest BCUT2D eigenvalue weighted by atomic mass is 15.1. The van der Waals surface area contributed by atoms with Gasteiger partial charge in [0.15, 0.2) is 0 Å². The number of fused-ring (bicyclic) bond motifs is 2. The van der Waals surface area contributed by atoms with Crippen molar-refractivity contribution in [1.82, 2.24) is 0 Å². The van der Waals surface area contributed by atoms with Gasteiger partial charge in [-0.2, -0.15) is 0 Å². The van der Waals surface area contributed by atoms with Crippen LogP contribution in [0.15, 0.2) is 133 Å². The molecule has 0 aliphatic heterocycles. The van der Waals surface area contributed by atoms with E-state index in [4.69, 9.17) is 0 Å². The summed E-state index contributed by atoms with van der Waals surface area (Å²) in [5.74, 6) is 2.48. The van der Waals surface area contributed by atoms with Crippen molar-refractivity contribution < 1.29 is 0 Å². The van der Waals surface area contributed by atoms with Gasteiger partial charge in [-0.05, 0) is 158 Å². The van der Waals surface area contributed by atoms with Crippen LogP contribution in [0.3, 0.4) is 0 Å². The number of rotatable bonds is 11. The van der Waals surface area contributed by atoms with Gasteiger partial charge in [-0.1, -0.05) is 211 Å². The first-order chi connectivity index (χ1) is 32.1. The van der Waals surface area contributed by atoms with E-state index in [1.54, 1.807) is 0 Å². The highest BCUT2D eigenvalue weighted by Crippen LogP contribution is 2.49. The first-order valence-electron chi connectivity index (χ1n) is 26.4. The second-order valence-corrected chi connectivity index (χ2v) is 23.4. The van der Waals surface area contributed by atoms with Crippen LogP contribution in [0.1, 0.15) is 213 Å². The van der Waals surface area contributed by atoms with E-state index in [9.17, 15) is 0 Å². The Labute approximate surface area is 405 Å². The summed E-state index contributed by atoms with van der Waals surface area (Å²) in [5.41, 5.74) is 16.4. The van der Waals surface area contributed by atoms with Gasteiger partial charge in [0.25, 0.3) is 0 Å². The van der Waals surface area contributed by atoms with Crippen molar-refractivity contribution in [2.75, 3.05) is 4.90 Å². The first kappa shape index (κ1) is 46.9. The molecular weight excluding hydrogens is 807 g/mol. The van der Waals surface area contributed by atoms with E-state index in [1.807, 2.05) is 0 Å². The van der Waals surface area contributed by atoms with Crippen LogP contribution in [0.4, 0.5) is 17.1 Å². The zero-order valence-corrected chi connectivity index (χ0v) is 42.8. The molecule has 2 fully saturated rings. The summed E-state index contributed by atoms with van der Waals surface area (Å²) in [6.07, 6.45) is 14.3. The smallest absolute Gasteiger partial charge is 0.0618 e. The average molecular weight is 886 g/mol. The lowest BCUT2D eigenvalue weighted by Gasteiger charge is -2.32. The van der Waals surface area contributed by atoms with Crippen molar-refractivity contribution in [2.24, 2.45) is 0 Å². The zero-order valence-electron chi connectivity index (χ0n) is 42.8. The van der Waals surface area contributed by atoms with E-state index < -0.39 is 0 Å². The molecule has 0 heterocycles. The molecule has 0 saturated heterocycles. The SMILES string of the molecule is CC(C)c1ccc(C(Cc2c3cc(C(C)(C)C)ccc3c(N(c3ccc(C(C)C)cc3)c3ccc(C4CCCCC4)cc3)c3cc(C(C)(C)C)ccc23)c2ccc(C3CCCCC3)cc2)cc1. The maximum absolute atomic E-state index is 2.61. The van der Waals surface area contributed by atoms with Gasteiger partial charge in [-0.3, -0.25) is 0 Å². The van der Waals surface area contributed by atoms with Crippen molar-refractivity contribution in [3.63, 3.8) is 0 Å². The molecule has 7 aromatic carbocycles. The minimum atomic E-state index is -0.0250. The number of benzene rings is 7. The van der Waals surface area contributed by atoms with Crippen LogP contribution in [-0.2, 0) is 17.3 Å². The molecule has 0 aromatic heterocycles. The van der Waals surface area contributed by atoms with Gasteiger partial charge in [0.05, 0.1) is 5.69 Å². The van der Waals surface area contributed by atoms with Gasteiger partial charge in [0, 0.05) is 28.1 Å². The number of anilines is 3. The van der Waals surface area contributed by atoms with Crippen LogP contribution < -0.4 is 4.90 Å². The molecule has 1 atom stereocenters. The van der Waals surface area contributed by atoms with E-state index in [-0.39, 0.29) is 16.7 Å². The molecule has 0 radical (unpaired) electrons. The van der Waals surface area contributed by atoms with Crippen molar-refractivity contribution in [1.29, 1.82) is 0 Å². The minimum absolute atomic E-state index is 0.0149. The van der Waals surface area contributed by atoms with Crippen LogP contribution in [0.25, 0.3) is 21.5 Å². The summed E-state index contributed by atoms with van der Waals surface area (Å²) in [4.78, 5) is 2.61. The lowest BCUT2D eigenvalue weighted by molar-refractivity contribution is 0.443.